The third-order valence-corrected chi connectivity index (χ3v) is 4.63. The van der Waals surface area contributed by atoms with E-state index in [2.05, 4.69) is 29.1 Å². The van der Waals surface area contributed by atoms with Gasteiger partial charge in [-0.3, -0.25) is 4.90 Å². The smallest absolute Gasteiger partial charge is 0.422 e. The molecule has 1 N–H and O–H groups in total. The van der Waals surface area contributed by atoms with E-state index in [1.807, 2.05) is 0 Å². The monoisotopic (exact) mass is 389 g/mol. The molecular formula is C19H30F3N3O2. The second-order valence-corrected chi connectivity index (χ2v) is 6.94. The normalized spacial score (nSPS) is 17.7. The molecule has 0 aliphatic carbocycles. The van der Waals surface area contributed by atoms with Crippen molar-refractivity contribution in [2.75, 3.05) is 53.0 Å². The number of piperazine rings is 1. The second-order valence-electron chi connectivity index (χ2n) is 6.94. The number of ether oxygens (including phenoxy) is 2. The van der Waals surface area contributed by atoms with Gasteiger partial charge in [0.05, 0.1) is 6.61 Å². The first kappa shape index (κ1) is 21.8. The number of hydrogen-bond donors (Lipinski definition) is 1. The van der Waals surface area contributed by atoms with Gasteiger partial charge in [-0.25, -0.2) is 0 Å². The largest absolute Gasteiger partial charge is 0.490 e. The summed E-state index contributed by atoms with van der Waals surface area (Å²) in [6.07, 6.45) is -4.37. The quantitative estimate of drug-likeness (QED) is 0.703. The van der Waals surface area contributed by atoms with Crippen molar-refractivity contribution in [3.8, 4) is 11.5 Å². The summed E-state index contributed by atoms with van der Waals surface area (Å²) in [6, 6.07) is 5.47. The Balaban J connectivity index is 1.85. The van der Waals surface area contributed by atoms with E-state index in [4.69, 9.17) is 9.47 Å². The molecule has 0 spiro atoms. The Kier molecular flexibility index (Phi) is 8.19. The number of nitrogens with one attached hydrogen (secondary N) is 1. The van der Waals surface area contributed by atoms with Crippen LogP contribution in [0, 0.1) is 0 Å². The van der Waals surface area contributed by atoms with Gasteiger partial charge in [0, 0.05) is 45.3 Å². The molecule has 1 saturated heterocycles. The molecule has 8 heteroatoms. The van der Waals surface area contributed by atoms with Gasteiger partial charge in [0.1, 0.15) is 0 Å². The summed E-state index contributed by atoms with van der Waals surface area (Å²) in [5.74, 6) is 0.455. The molecule has 1 aliphatic heterocycles. The number of halogens is 3. The van der Waals surface area contributed by atoms with Crippen molar-refractivity contribution in [2.24, 2.45) is 0 Å². The first-order valence-electron chi connectivity index (χ1n) is 9.37. The van der Waals surface area contributed by atoms with Crippen LogP contribution < -0.4 is 14.8 Å². The van der Waals surface area contributed by atoms with E-state index in [9.17, 15) is 13.2 Å². The summed E-state index contributed by atoms with van der Waals surface area (Å²) in [7, 11) is 2.14. The van der Waals surface area contributed by atoms with Gasteiger partial charge in [-0.1, -0.05) is 6.07 Å². The molecule has 1 fully saturated rings. The lowest BCUT2D eigenvalue weighted by Crippen LogP contribution is -2.50. The lowest BCUT2D eigenvalue weighted by Gasteiger charge is -2.36. The van der Waals surface area contributed by atoms with Crippen molar-refractivity contribution in [3.05, 3.63) is 23.8 Å². The minimum absolute atomic E-state index is 0.115. The van der Waals surface area contributed by atoms with E-state index >= 15 is 0 Å². The van der Waals surface area contributed by atoms with Crippen molar-refractivity contribution in [1.82, 2.24) is 15.1 Å². The number of benzene rings is 1. The molecule has 1 heterocycles. The molecule has 0 aromatic heterocycles. The first-order chi connectivity index (χ1) is 12.8. The van der Waals surface area contributed by atoms with Gasteiger partial charge < -0.3 is 19.7 Å². The molecule has 0 radical (unpaired) electrons. The van der Waals surface area contributed by atoms with Crippen LogP contribution in [0.2, 0.25) is 0 Å². The lowest BCUT2D eigenvalue weighted by atomic mass is 10.2. The Bertz CT molecular complexity index is 576. The average molecular weight is 389 g/mol. The summed E-state index contributed by atoms with van der Waals surface area (Å²) >= 11 is 0. The Morgan fingerprint density at radius 3 is 2.44 bits per heavy atom. The number of nitrogens with zero attached hydrogens (tertiary/aromatic N) is 2. The van der Waals surface area contributed by atoms with Crippen LogP contribution in [-0.4, -0.2) is 75.0 Å². The number of hydrogen-bond acceptors (Lipinski definition) is 5. The van der Waals surface area contributed by atoms with E-state index in [0.717, 1.165) is 38.3 Å². The van der Waals surface area contributed by atoms with Crippen molar-refractivity contribution in [2.45, 2.75) is 32.6 Å². The molecule has 0 saturated carbocycles. The summed E-state index contributed by atoms with van der Waals surface area (Å²) in [5, 5.41) is 3.42. The van der Waals surface area contributed by atoms with Gasteiger partial charge >= 0.3 is 6.18 Å². The van der Waals surface area contributed by atoms with Gasteiger partial charge in [0.15, 0.2) is 18.1 Å². The summed E-state index contributed by atoms with van der Waals surface area (Å²) < 4.78 is 47.4. The zero-order valence-electron chi connectivity index (χ0n) is 16.3. The maximum atomic E-state index is 12.4. The van der Waals surface area contributed by atoms with E-state index in [1.165, 1.54) is 6.07 Å². The highest BCUT2D eigenvalue weighted by molar-refractivity contribution is 5.43. The molecule has 27 heavy (non-hydrogen) atoms. The standard InChI is InChI=1S/C19H30F3N3O2/c1-4-26-18-11-16(5-6-17(18)27-14-19(20,21)22)13-23-12-15(2)25-9-7-24(3)8-10-25/h5-6,11,15,23H,4,7-10,12-14H2,1-3H3. The molecule has 2 rings (SSSR count). The Hall–Kier alpha value is -1.51. The van der Waals surface area contributed by atoms with Gasteiger partial charge in [0.25, 0.3) is 0 Å². The summed E-state index contributed by atoms with van der Waals surface area (Å²) in [6.45, 7) is 8.81. The molecule has 1 unspecified atom stereocenters. The van der Waals surface area contributed by atoms with Crippen LogP contribution in [0.15, 0.2) is 18.2 Å². The fourth-order valence-corrected chi connectivity index (χ4v) is 3.03. The van der Waals surface area contributed by atoms with Gasteiger partial charge in [-0.05, 0) is 38.6 Å². The van der Waals surface area contributed by atoms with E-state index in [0.29, 0.717) is 24.9 Å². The van der Waals surface area contributed by atoms with Crippen LogP contribution in [-0.2, 0) is 6.54 Å². The van der Waals surface area contributed by atoms with Crippen molar-refractivity contribution >= 4 is 0 Å². The maximum Gasteiger partial charge on any atom is 0.422 e. The van der Waals surface area contributed by atoms with E-state index in [1.54, 1.807) is 19.1 Å². The van der Waals surface area contributed by atoms with Crippen LogP contribution in [0.4, 0.5) is 13.2 Å². The van der Waals surface area contributed by atoms with Crippen LogP contribution >= 0.6 is 0 Å². The predicted octanol–water partition coefficient (Wildman–Crippen LogP) is 2.75. The van der Waals surface area contributed by atoms with Crippen LogP contribution in [0.5, 0.6) is 11.5 Å². The SMILES string of the molecule is CCOc1cc(CNCC(C)N2CCN(C)CC2)ccc1OCC(F)(F)F. The second kappa shape index (κ2) is 10.1. The number of rotatable bonds is 9. The Morgan fingerprint density at radius 1 is 1.11 bits per heavy atom. The van der Waals surface area contributed by atoms with Crippen molar-refractivity contribution < 1.29 is 22.6 Å². The highest BCUT2D eigenvalue weighted by Crippen LogP contribution is 2.30. The van der Waals surface area contributed by atoms with E-state index < -0.39 is 12.8 Å². The predicted molar refractivity (Wildman–Crippen MR) is 99.4 cm³/mol. The molecule has 154 valence electrons. The molecule has 1 aromatic carbocycles. The highest BCUT2D eigenvalue weighted by Gasteiger charge is 2.29. The van der Waals surface area contributed by atoms with Crippen molar-refractivity contribution in [3.63, 3.8) is 0 Å². The van der Waals surface area contributed by atoms with Crippen LogP contribution in [0.1, 0.15) is 19.4 Å². The third kappa shape index (κ3) is 7.56. The minimum Gasteiger partial charge on any atom is -0.490 e. The van der Waals surface area contributed by atoms with Crippen LogP contribution in [0.25, 0.3) is 0 Å². The minimum atomic E-state index is -4.37. The molecule has 0 amide bonds. The first-order valence-corrected chi connectivity index (χ1v) is 9.37. The van der Waals surface area contributed by atoms with Crippen LogP contribution in [0.3, 0.4) is 0 Å². The summed E-state index contributed by atoms with van der Waals surface area (Å²) in [4.78, 5) is 4.79. The molecule has 0 bridgehead atoms. The summed E-state index contributed by atoms with van der Waals surface area (Å²) in [5.41, 5.74) is 0.948. The van der Waals surface area contributed by atoms with Crippen molar-refractivity contribution in [1.29, 1.82) is 0 Å². The molecule has 1 atom stereocenters. The zero-order chi connectivity index (χ0) is 19.9. The fourth-order valence-electron chi connectivity index (χ4n) is 3.03. The fraction of sp³-hybridized carbons (Fsp3) is 0.684. The lowest BCUT2D eigenvalue weighted by molar-refractivity contribution is -0.153. The van der Waals surface area contributed by atoms with Gasteiger partial charge in [-0.2, -0.15) is 13.2 Å². The number of alkyl halides is 3. The third-order valence-electron chi connectivity index (χ3n) is 4.63. The molecular weight excluding hydrogens is 359 g/mol. The highest BCUT2D eigenvalue weighted by atomic mass is 19.4. The Morgan fingerprint density at radius 2 is 1.81 bits per heavy atom. The zero-order valence-corrected chi connectivity index (χ0v) is 16.3. The van der Waals surface area contributed by atoms with Gasteiger partial charge in [-0.15, -0.1) is 0 Å². The molecule has 5 nitrogen and oxygen atoms in total. The Labute approximate surface area is 159 Å². The molecule has 1 aromatic rings. The number of likely N-dealkylation sites (N-methyl/N-ethyl adjacent to an activating group) is 1. The van der Waals surface area contributed by atoms with E-state index in [-0.39, 0.29) is 5.75 Å². The average Bonchev–Trinajstić information content (AvgIpc) is 2.61. The van der Waals surface area contributed by atoms with Gasteiger partial charge in [0.2, 0.25) is 0 Å². The molecule has 1 aliphatic rings. The topological polar surface area (TPSA) is 37.0 Å². The maximum absolute atomic E-state index is 12.4.